The van der Waals surface area contributed by atoms with Crippen molar-refractivity contribution in [3.05, 3.63) is 0 Å². The highest BCUT2D eigenvalue weighted by molar-refractivity contribution is 6.44. The first-order valence-electron chi connectivity index (χ1n) is 11.6. The maximum atomic E-state index is 5.82. The molecule has 0 radical (unpaired) electrons. The van der Waals surface area contributed by atoms with Crippen LogP contribution in [0.15, 0.2) is 0 Å². The normalized spacial score (nSPS) is 20.6. The minimum absolute atomic E-state index is 0.822. The molecule has 0 heterocycles. The Hall–Kier alpha value is 0.137. The fourth-order valence-corrected chi connectivity index (χ4v) is 7.23. The van der Waals surface area contributed by atoms with Gasteiger partial charge in [0.2, 0.25) is 0 Å². The largest absolute Gasteiger partial charge is 0.397 e. The Morgan fingerprint density at radius 2 is 1.24 bits per heavy atom. The predicted octanol–water partition coefficient (Wildman–Crippen LogP) is 6.62. The van der Waals surface area contributed by atoms with Crippen LogP contribution in [-0.4, -0.2) is 22.5 Å². The summed E-state index contributed by atoms with van der Waals surface area (Å²) < 4.78 is 11.6. The number of rotatable bonds is 12. The van der Waals surface area contributed by atoms with Crippen LogP contribution in [0.5, 0.6) is 0 Å². The van der Waals surface area contributed by atoms with E-state index < -0.39 is 9.28 Å². The van der Waals surface area contributed by atoms with E-state index in [9.17, 15) is 0 Å². The lowest BCUT2D eigenvalue weighted by atomic mass is 9.68. The van der Waals surface area contributed by atoms with Crippen molar-refractivity contribution < 1.29 is 8.85 Å². The summed E-state index contributed by atoms with van der Waals surface area (Å²) >= 11 is 0. The van der Waals surface area contributed by atoms with Crippen LogP contribution >= 0.6 is 0 Å². The van der Waals surface area contributed by atoms with Gasteiger partial charge in [-0.05, 0) is 44.1 Å². The maximum Gasteiger partial charge on any atom is 0.321 e. The van der Waals surface area contributed by atoms with Gasteiger partial charge in [-0.3, -0.25) is 0 Å². The fourth-order valence-electron chi connectivity index (χ4n) is 5.44. The lowest BCUT2D eigenvalue weighted by Crippen LogP contribution is -2.27. The van der Waals surface area contributed by atoms with Crippen molar-refractivity contribution in [1.82, 2.24) is 0 Å². The molecular formula is C22H44O2Si. The van der Waals surface area contributed by atoms with Gasteiger partial charge in [0.05, 0.1) is 0 Å². The van der Waals surface area contributed by atoms with Crippen molar-refractivity contribution in [3.63, 3.8) is 0 Å². The molecule has 0 saturated heterocycles. The van der Waals surface area contributed by atoms with Crippen LogP contribution in [0.25, 0.3) is 0 Å². The first kappa shape index (κ1) is 21.4. The maximum absolute atomic E-state index is 5.82. The highest BCUT2D eigenvalue weighted by Gasteiger charge is 2.30. The van der Waals surface area contributed by atoms with E-state index in [-0.39, 0.29) is 0 Å². The lowest BCUT2D eigenvalue weighted by Gasteiger charge is -2.38. The SMILES string of the molecule is CCO[SiH](CCCCCC(C1CCCCC1)C1CCCCC1)OCC. The molecule has 0 aromatic carbocycles. The second-order valence-corrected chi connectivity index (χ2v) is 10.5. The summed E-state index contributed by atoms with van der Waals surface area (Å²) in [7, 11) is -1.36. The average molecular weight is 369 g/mol. The van der Waals surface area contributed by atoms with Crippen molar-refractivity contribution >= 4 is 9.28 Å². The van der Waals surface area contributed by atoms with Gasteiger partial charge in [0, 0.05) is 13.2 Å². The van der Waals surface area contributed by atoms with Gasteiger partial charge in [0.1, 0.15) is 0 Å². The molecule has 25 heavy (non-hydrogen) atoms. The van der Waals surface area contributed by atoms with E-state index in [0.717, 1.165) is 31.0 Å². The Labute approximate surface area is 159 Å². The molecule has 0 spiro atoms. The van der Waals surface area contributed by atoms with Crippen molar-refractivity contribution in [3.8, 4) is 0 Å². The van der Waals surface area contributed by atoms with E-state index in [1.165, 1.54) is 95.9 Å². The van der Waals surface area contributed by atoms with Gasteiger partial charge < -0.3 is 8.85 Å². The molecule has 2 saturated carbocycles. The van der Waals surface area contributed by atoms with E-state index in [1.54, 1.807) is 0 Å². The third-order valence-electron chi connectivity index (χ3n) is 6.69. The molecule has 2 aliphatic rings. The van der Waals surface area contributed by atoms with Crippen LogP contribution in [0.4, 0.5) is 0 Å². The molecule has 0 amide bonds. The summed E-state index contributed by atoms with van der Waals surface area (Å²) in [5.41, 5.74) is 0. The zero-order chi connectivity index (χ0) is 17.7. The molecule has 0 aromatic heterocycles. The Kier molecular flexibility index (Phi) is 11.4. The van der Waals surface area contributed by atoms with Gasteiger partial charge in [-0.1, -0.05) is 83.5 Å². The van der Waals surface area contributed by atoms with Crippen LogP contribution in [0.1, 0.15) is 104 Å². The average Bonchev–Trinajstić information content (AvgIpc) is 2.66. The third-order valence-corrected chi connectivity index (χ3v) is 8.98. The quantitative estimate of drug-likeness (QED) is 0.285. The van der Waals surface area contributed by atoms with Gasteiger partial charge in [-0.15, -0.1) is 0 Å². The van der Waals surface area contributed by atoms with Crippen molar-refractivity contribution in [2.24, 2.45) is 17.8 Å². The Balaban J connectivity index is 1.71. The molecule has 2 rings (SSSR count). The molecular weight excluding hydrogens is 324 g/mol. The monoisotopic (exact) mass is 368 g/mol. The van der Waals surface area contributed by atoms with Gasteiger partial charge in [0.25, 0.3) is 0 Å². The standard InChI is InChI=1S/C22H44O2Si/c1-3-23-25(24-4-2)19-13-7-12-18-22(20-14-8-5-9-15-20)21-16-10-6-11-17-21/h20-22,25H,3-19H2,1-2H3. The molecule has 2 nitrogen and oxygen atoms in total. The first-order valence-corrected chi connectivity index (χ1v) is 13.3. The van der Waals surface area contributed by atoms with E-state index in [0.29, 0.717) is 0 Å². The fraction of sp³-hybridized carbons (Fsp3) is 1.00. The van der Waals surface area contributed by atoms with Crippen LogP contribution in [0, 0.1) is 17.8 Å². The lowest BCUT2D eigenvalue weighted by molar-refractivity contribution is 0.131. The zero-order valence-electron chi connectivity index (χ0n) is 17.1. The Morgan fingerprint density at radius 1 is 0.720 bits per heavy atom. The van der Waals surface area contributed by atoms with Crippen molar-refractivity contribution in [2.75, 3.05) is 13.2 Å². The smallest absolute Gasteiger partial charge is 0.321 e. The number of unbranched alkanes of at least 4 members (excludes halogenated alkanes) is 2. The second-order valence-electron chi connectivity index (χ2n) is 8.44. The number of hydrogen-bond acceptors (Lipinski definition) is 2. The molecule has 0 aromatic rings. The van der Waals surface area contributed by atoms with E-state index in [4.69, 9.17) is 8.85 Å². The summed E-state index contributed by atoms with van der Waals surface area (Å²) in [6.07, 6.45) is 20.8. The summed E-state index contributed by atoms with van der Waals surface area (Å²) in [5.74, 6) is 3.17. The van der Waals surface area contributed by atoms with Crippen LogP contribution in [0.2, 0.25) is 6.04 Å². The second kappa shape index (κ2) is 13.3. The van der Waals surface area contributed by atoms with E-state index in [1.807, 2.05) is 0 Å². The van der Waals surface area contributed by atoms with Gasteiger partial charge in [-0.2, -0.15) is 0 Å². The zero-order valence-corrected chi connectivity index (χ0v) is 18.3. The highest BCUT2D eigenvalue weighted by atomic mass is 28.3. The van der Waals surface area contributed by atoms with Crippen molar-refractivity contribution in [2.45, 2.75) is 110 Å². The van der Waals surface area contributed by atoms with E-state index >= 15 is 0 Å². The first-order chi connectivity index (χ1) is 12.3. The van der Waals surface area contributed by atoms with Crippen LogP contribution in [-0.2, 0) is 8.85 Å². The molecule has 3 heteroatoms. The van der Waals surface area contributed by atoms with Gasteiger partial charge >= 0.3 is 9.28 Å². The number of hydrogen-bond donors (Lipinski definition) is 0. The molecule has 0 aliphatic heterocycles. The van der Waals surface area contributed by atoms with Crippen molar-refractivity contribution in [1.29, 1.82) is 0 Å². The summed E-state index contributed by atoms with van der Waals surface area (Å²) in [6, 6.07) is 1.21. The minimum atomic E-state index is -1.36. The molecule has 0 unspecified atom stereocenters. The Morgan fingerprint density at radius 3 is 1.72 bits per heavy atom. The molecule has 0 N–H and O–H groups in total. The van der Waals surface area contributed by atoms with Crippen LogP contribution in [0.3, 0.4) is 0 Å². The third kappa shape index (κ3) is 8.13. The Bertz CT molecular complexity index is 287. The molecule has 148 valence electrons. The summed E-state index contributed by atoms with van der Waals surface area (Å²) in [5, 5.41) is 0. The summed E-state index contributed by atoms with van der Waals surface area (Å²) in [6.45, 7) is 5.83. The van der Waals surface area contributed by atoms with E-state index in [2.05, 4.69) is 13.8 Å². The molecule has 0 atom stereocenters. The summed E-state index contributed by atoms with van der Waals surface area (Å²) in [4.78, 5) is 0. The van der Waals surface area contributed by atoms with Crippen LogP contribution < -0.4 is 0 Å². The van der Waals surface area contributed by atoms with Gasteiger partial charge in [-0.25, -0.2) is 0 Å². The van der Waals surface area contributed by atoms with Gasteiger partial charge in [0.15, 0.2) is 0 Å². The molecule has 2 aliphatic carbocycles. The predicted molar refractivity (Wildman–Crippen MR) is 110 cm³/mol. The minimum Gasteiger partial charge on any atom is -0.397 e. The highest BCUT2D eigenvalue weighted by Crippen LogP contribution is 2.42. The molecule has 0 bridgehead atoms. The molecule has 2 fully saturated rings. The topological polar surface area (TPSA) is 18.5 Å².